The van der Waals surface area contributed by atoms with Gasteiger partial charge in [-0.25, -0.2) is 8.42 Å². The molecule has 0 aliphatic rings. The zero-order valence-electron chi connectivity index (χ0n) is 15.4. The van der Waals surface area contributed by atoms with Crippen LogP contribution in [0.4, 0.5) is 5.69 Å². The molecule has 0 spiro atoms. The third-order valence-electron chi connectivity index (χ3n) is 4.81. The van der Waals surface area contributed by atoms with Crippen LogP contribution in [0.2, 0.25) is 5.02 Å². The van der Waals surface area contributed by atoms with Gasteiger partial charge in [-0.3, -0.25) is 14.2 Å². The van der Waals surface area contributed by atoms with E-state index in [2.05, 4.69) is 9.82 Å². The van der Waals surface area contributed by atoms with Crippen molar-refractivity contribution < 1.29 is 18.3 Å². The Morgan fingerprint density at radius 1 is 1.25 bits per heavy atom. The topological polar surface area (TPSA) is 101 Å². The van der Waals surface area contributed by atoms with E-state index in [1.807, 2.05) is 6.92 Å². The van der Waals surface area contributed by atoms with E-state index in [9.17, 15) is 18.3 Å². The van der Waals surface area contributed by atoms with E-state index < -0.39 is 21.4 Å². The molecule has 0 saturated heterocycles. The van der Waals surface area contributed by atoms with E-state index in [1.165, 1.54) is 6.20 Å². The molecule has 0 aliphatic carbocycles. The minimum Gasteiger partial charge on any atom is -0.481 e. The lowest BCUT2D eigenvalue weighted by Gasteiger charge is -2.29. The van der Waals surface area contributed by atoms with Crippen molar-refractivity contribution in [3.63, 3.8) is 0 Å². The molecule has 0 saturated carbocycles. The van der Waals surface area contributed by atoms with Crippen LogP contribution in [0.1, 0.15) is 18.9 Å². The van der Waals surface area contributed by atoms with Gasteiger partial charge in [-0.1, -0.05) is 36.7 Å². The maximum atomic E-state index is 12.3. The summed E-state index contributed by atoms with van der Waals surface area (Å²) in [4.78, 5) is 12.3. The lowest BCUT2D eigenvalue weighted by atomic mass is 9.78. The summed E-state index contributed by atoms with van der Waals surface area (Å²) in [6.45, 7) is 1.90. The molecule has 3 aromatic rings. The van der Waals surface area contributed by atoms with Crippen LogP contribution in [0.3, 0.4) is 0 Å². The van der Waals surface area contributed by atoms with Gasteiger partial charge >= 0.3 is 5.97 Å². The molecule has 0 bridgehead atoms. The van der Waals surface area contributed by atoms with E-state index in [0.717, 1.165) is 6.26 Å². The van der Waals surface area contributed by atoms with Gasteiger partial charge in [-0.15, -0.1) is 0 Å². The zero-order chi connectivity index (χ0) is 20.5. The van der Waals surface area contributed by atoms with Crippen molar-refractivity contribution in [1.82, 2.24) is 9.78 Å². The first-order valence-corrected chi connectivity index (χ1v) is 10.8. The molecular formula is C19H20ClN3O4S. The number of nitrogens with zero attached hydrogens (tertiary/aromatic N) is 2. The van der Waals surface area contributed by atoms with E-state index in [4.69, 9.17) is 11.6 Å². The number of aliphatic carboxylic acids is 1. The van der Waals surface area contributed by atoms with Gasteiger partial charge in [0.15, 0.2) is 0 Å². The maximum absolute atomic E-state index is 12.3. The van der Waals surface area contributed by atoms with Crippen LogP contribution in [0, 0.1) is 0 Å². The molecule has 28 heavy (non-hydrogen) atoms. The molecule has 2 N–H and O–H groups in total. The van der Waals surface area contributed by atoms with Crippen LogP contribution in [0.25, 0.3) is 10.9 Å². The number of carbonyl (C=O) groups is 1. The molecule has 1 unspecified atom stereocenters. The Hall–Kier alpha value is -2.58. The Bertz CT molecular complexity index is 1130. The molecule has 0 radical (unpaired) electrons. The van der Waals surface area contributed by atoms with E-state index in [-0.39, 0.29) is 6.54 Å². The highest BCUT2D eigenvalue weighted by atomic mass is 35.5. The standard InChI is InChI=1S/C19H20ClN3O4S/c1-3-19(18(24)25,13-7-9-14(20)10-8-13)12-23-17-6-4-5-16(15(17)11-21-23)22-28(2,26)27/h4-11,22H,3,12H2,1-2H3,(H,24,25). The second kappa shape index (κ2) is 7.44. The molecule has 7 nitrogen and oxygen atoms in total. The summed E-state index contributed by atoms with van der Waals surface area (Å²) in [5.74, 6) is -0.966. The summed E-state index contributed by atoms with van der Waals surface area (Å²) >= 11 is 5.95. The van der Waals surface area contributed by atoms with Crippen molar-refractivity contribution >= 4 is 44.2 Å². The Morgan fingerprint density at radius 3 is 2.50 bits per heavy atom. The van der Waals surface area contributed by atoms with Crippen LogP contribution in [0.5, 0.6) is 0 Å². The quantitative estimate of drug-likeness (QED) is 0.608. The van der Waals surface area contributed by atoms with E-state index in [1.54, 1.807) is 47.1 Å². The van der Waals surface area contributed by atoms with Crippen LogP contribution in [-0.2, 0) is 26.8 Å². The third kappa shape index (κ3) is 3.83. The Kier molecular flexibility index (Phi) is 5.36. The number of rotatable bonds is 7. The molecule has 3 rings (SSSR count). The van der Waals surface area contributed by atoms with Crippen molar-refractivity contribution in [2.24, 2.45) is 0 Å². The van der Waals surface area contributed by atoms with Gasteiger partial charge in [0.1, 0.15) is 5.41 Å². The first kappa shape index (κ1) is 20.2. The third-order valence-corrected chi connectivity index (χ3v) is 5.65. The number of carboxylic acids is 1. The fourth-order valence-corrected chi connectivity index (χ4v) is 4.00. The highest BCUT2D eigenvalue weighted by molar-refractivity contribution is 7.92. The molecule has 1 heterocycles. The van der Waals surface area contributed by atoms with Crippen LogP contribution in [-0.4, -0.2) is 35.5 Å². The van der Waals surface area contributed by atoms with Gasteiger partial charge in [-0.2, -0.15) is 5.10 Å². The minimum absolute atomic E-state index is 0.0896. The number of fused-ring (bicyclic) bond motifs is 1. The number of anilines is 1. The van der Waals surface area contributed by atoms with Gasteiger partial charge in [0.2, 0.25) is 10.0 Å². The van der Waals surface area contributed by atoms with Crippen molar-refractivity contribution in [2.75, 3.05) is 11.0 Å². The lowest BCUT2D eigenvalue weighted by molar-refractivity contribution is -0.144. The molecule has 2 aromatic carbocycles. The fourth-order valence-electron chi connectivity index (χ4n) is 3.29. The maximum Gasteiger partial charge on any atom is 0.316 e. The number of sulfonamides is 1. The number of halogens is 1. The van der Waals surface area contributed by atoms with E-state index >= 15 is 0 Å². The molecule has 0 fully saturated rings. The SMILES string of the molecule is CCC(Cn1ncc2c(NS(C)(=O)=O)cccc21)(C(=O)O)c1ccc(Cl)cc1. The van der Waals surface area contributed by atoms with E-state index in [0.29, 0.717) is 33.6 Å². The predicted octanol–water partition coefficient (Wildman–Crippen LogP) is 3.49. The monoisotopic (exact) mass is 421 g/mol. The summed E-state index contributed by atoms with van der Waals surface area (Å²) in [7, 11) is -3.45. The zero-order valence-corrected chi connectivity index (χ0v) is 17.0. The number of nitrogens with one attached hydrogen (secondary N) is 1. The molecule has 148 valence electrons. The number of benzene rings is 2. The van der Waals surface area contributed by atoms with Crippen LogP contribution < -0.4 is 4.72 Å². The largest absolute Gasteiger partial charge is 0.481 e. The van der Waals surface area contributed by atoms with Crippen molar-refractivity contribution in [3.8, 4) is 0 Å². The number of hydrogen-bond acceptors (Lipinski definition) is 4. The predicted molar refractivity (Wildman–Crippen MR) is 109 cm³/mol. The summed E-state index contributed by atoms with van der Waals surface area (Å²) in [5, 5.41) is 15.5. The fraction of sp³-hybridized carbons (Fsp3) is 0.263. The second-order valence-corrected chi connectivity index (χ2v) is 8.85. The molecule has 1 atom stereocenters. The minimum atomic E-state index is -3.45. The first-order valence-electron chi connectivity index (χ1n) is 8.58. The molecular weight excluding hydrogens is 402 g/mol. The smallest absolute Gasteiger partial charge is 0.316 e. The number of aromatic nitrogens is 2. The molecule has 1 aromatic heterocycles. The second-order valence-electron chi connectivity index (χ2n) is 6.66. The normalized spacial score (nSPS) is 14.0. The van der Waals surface area contributed by atoms with Crippen LogP contribution >= 0.6 is 11.6 Å². The van der Waals surface area contributed by atoms with Gasteiger partial charge in [0.05, 0.1) is 30.2 Å². The van der Waals surface area contributed by atoms with Gasteiger partial charge in [-0.05, 0) is 36.2 Å². The molecule has 0 aliphatic heterocycles. The number of hydrogen-bond donors (Lipinski definition) is 2. The summed E-state index contributed by atoms with van der Waals surface area (Å²) in [6, 6.07) is 11.9. The lowest BCUT2D eigenvalue weighted by Crippen LogP contribution is -2.39. The first-order chi connectivity index (χ1) is 13.2. The summed E-state index contributed by atoms with van der Waals surface area (Å²) in [6.07, 6.45) is 2.95. The van der Waals surface area contributed by atoms with Crippen molar-refractivity contribution in [3.05, 3.63) is 59.2 Å². The highest BCUT2D eigenvalue weighted by Gasteiger charge is 2.40. The summed E-state index contributed by atoms with van der Waals surface area (Å²) in [5.41, 5.74) is 0.460. The van der Waals surface area contributed by atoms with Gasteiger partial charge < -0.3 is 5.11 Å². The Labute approximate surface area is 168 Å². The van der Waals surface area contributed by atoms with Crippen LogP contribution in [0.15, 0.2) is 48.7 Å². The van der Waals surface area contributed by atoms with Crippen molar-refractivity contribution in [2.45, 2.75) is 25.3 Å². The highest BCUT2D eigenvalue weighted by Crippen LogP contribution is 2.33. The number of carboxylic acid groups (broad SMARTS) is 1. The molecule has 9 heteroatoms. The van der Waals surface area contributed by atoms with Crippen molar-refractivity contribution in [1.29, 1.82) is 0 Å². The molecule has 0 amide bonds. The van der Waals surface area contributed by atoms with Gasteiger partial charge in [0, 0.05) is 10.4 Å². The average Bonchev–Trinajstić information content (AvgIpc) is 3.03. The summed E-state index contributed by atoms with van der Waals surface area (Å²) < 4.78 is 27.3. The average molecular weight is 422 g/mol. The van der Waals surface area contributed by atoms with Gasteiger partial charge in [0.25, 0.3) is 0 Å². The Morgan fingerprint density at radius 2 is 1.93 bits per heavy atom. The Balaban J connectivity index is 2.09.